The lowest BCUT2D eigenvalue weighted by Gasteiger charge is -2.51. The van der Waals surface area contributed by atoms with Crippen molar-refractivity contribution in [1.29, 1.82) is 0 Å². The van der Waals surface area contributed by atoms with Crippen LogP contribution < -0.4 is 0 Å². The molecule has 0 radical (unpaired) electrons. The predicted molar refractivity (Wildman–Crippen MR) is 197 cm³/mol. The fourth-order valence-corrected chi connectivity index (χ4v) is 12.0. The van der Waals surface area contributed by atoms with E-state index >= 15 is 0 Å². The molecule has 0 aromatic rings. The number of ether oxygens (including phenoxy) is 11. The van der Waals surface area contributed by atoms with Crippen LogP contribution in [0.1, 0.15) is 97.3 Å². The second-order valence-electron chi connectivity index (χ2n) is 18.7. The highest BCUT2D eigenvalue weighted by atomic mass is 16.8. The molecule has 1 N–H and O–H groups in total. The number of aliphatic hydroxyl groups is 1. The van der Waals surface area contributed by atoms with E-state index in [1.54, 1.807) is 7.11 Å². The summed E-state index contributed by atoms with van der Waals surface area (Å²) < 4.78 is 72.6. The Morgan fingerprint density at radius 2 is 1.45 bits per heavy atom. The number of hydrogen-bond donors (Lipinski definition) is 1. The van der Waals surface area contributed by atoms with Crippen molar-refractivity contribution in [2.24, 2.45) is 11.8 Å². The molecule has 312 valence electrons. The minimum atomic E-state index is -0.802. The summed E-state index contributed by atoms with van der Waals surface area (Å²) in [6.07, 6.45) is 3.27. The lowest BCUT2D eigenvalue weighted by molar-refractivity contribution is -0.293. The first-order valence-electron chi connectivity index (χ1n) is 21.7. The van der Waals surface area contributed by atoms with E-state index in [1.807, 2.05) is 0 Å². The number of carbonyl (C=O) groups excluding carboxylic acids is 1. The van der Waals surface area contributed by atoms with Gasteiger partial charge in [0.1, 0.15) is 36.6 Å². The fraction of sp³-hybridized carbons (Fsp3) is 0.884. The Morgan fingerprint density at radius 1 is 0.696 bits per heavy atom. The third-order valence-corrected chi connectivity index (χ3v) is 15.0. The molecule has 0 aromatic heterocycles. The zero-order valence-corrected chi connectivity index (χ0v) is 33.2. The van der Waals surface area contributed by atoms with Crippen molar-refractivity contribution in [3.8, 4) is 0 Å². The summed E-state index contributed by atoms with van der Waals surface area (Å²) in [6.45, 7) is 13.7. The number of hydrogen-bond acceptors (Lipinski definition) is 13. The van der Waals surface area contributed by atoms with Crippen LogP contribution in [0.25, 0.3) is 0 Å². The minimum absolute atomic E-state index is 0.0142. The Kier molecular flexibility index (Phi) is 10.5. The largest absolute Gasteiger partial charge is 0.459 e. The van der Waals surface area contributed by atoms with Crippen LogP contribution in [0.5, 0.6) is 0 Å². The summed E-state index contributed by atoms with van der Waals surface area (Å²) in [5.41, 5.74) is 2.16. The van der Waals surface area contributed by atoms with Gasteiger partial charge >= 0.3 is 5.97 Å². The number of rotatable bonds is 3. The highest BCUT2D eigenvalue weighted by Gasteiger charge is 2.69. The number of fused-ring (bicyclic) bond motifs is 7. The lowest BCUT2D eigenvalue weighted by Crippen LogP contribution is -2.62. The molecule has 11 saturated heterocycles. The molecule has 11 fully saturated rings. The molecule has 11 aliphatic heterocycles. The van der Waals surface area contributed by atoms with Crippen LogP contribution in [0.15, 0.2) is 24.3 Å². The molecule has 1 spiro atoms. The normalized spacial score (nSPS) is 54.2. The van der Waals surface area contributed by atoms with Gasteiger partial charge in [-0.15, -0.1) is 0 Å². The van der Waals surface area contributed by atoms with Crippen molar-refractivity contribution >= 4 is 5.97 Å². The molecule has 0 saturated carbocycles. The number of methoxy groups -OCH3 is 1. The van der Waals surface area contributed by atoms with Gasteiger partial charge in [0.15, 0.2) is 5.79 Å². The molecular formula is C43H62O13. The van der Waals surface area contributed by atoms with Crippen LogP contribution in [-0.4, -0.2) is 140 Å². The van der Waals surface area contributed by atoms with Gasteiger partial charge in [0.05, 0.1) is 79.7 Å². The Hall–Kier alpha value is -1.49. The van der Waals surface area contributed by atoms with Gasteiger partial charge in [0, 0.05) is 45.3 Å². The van der Waals surface area contributed by atoms with E-state index < -0.39 is 36.3 Å². The highest BCUT2D eigenvalue weighted by Crippen LogP contribution is 2.54. The van der Waals surface area contributed by atoms with Gasteiger partial charge in [-0.05, 0) is 68.4 Å². The molecule has 1 unspecified atom stereocenters. The van der Waals surface area contributed by atoms with Crippen LogP contribution in [0.3, 0.4) is 0 Å². The third kappa shape index (κ3) is 6.96. The maximum Gasteiger partial charge on any atom is 0.308 e. The van der Waals surface area contributed by atoms with E-state index in [9.17, 15) is 9.90 Å². The molecule has 11 rings (SSSR count). The molecule has 0 amide bonds. The van der Waals surface area contributed by atoms with E-state index in [4.69, 9.17) is 52.1 Å². The summed E-state index contributed by atoms with van der Waals surface area (Å²) in [4.78, 5) is 14.1. The maximum atomic E-state index is 14.1. The summed E-state index contributed by atoms with van der Waals surface area (Å²) in [5, 5.41) is 11.1. The standard InChI is InChI=1S/C43H62O13/c1-20-14-24-6-8-28-21(2)15-26(47-28)10-12-43-19-34-39(55-43)40-41(53-34)42(56-43)38-30(52-40)9-7-25(49-38)16-35(45)54-37-23(4)36-32(17-27(44)29(51-36)11-13-46-5)50-33(37)18-31(48-24)22(20)3/h20,23-34,36-42,44H,2-3,6-19H2,1,4-5H3/t20-,23+,24+,25-,26+,27+,28+,29-,30+,31-,32+,33+,34+,36+,37-,38+,39-,40?,41-,42+,43+/m1/s1. The van der Waals surface area contributed by atoms with Gasteiger partial charge in [-0.1, -0.05) is 27.0 Å². The quantitative estimate of drug-likeness (QED) is 0.323. The van der Waals surface area contributed by atoms with Crippen LogP contribution in [0.2, 0.25) is 0 Å². The number of carbonyl (C=O) groups is 1. The van der Waals surface area contributed by atoms with Crippen LogP contribution in [0.4, 0.5) is 0 Å². The van der Waals surface area contributed by atoms with Crippen molar-refractivity contribution in [2.45, 2.75) is 213 Å². The van der Waals surface area contributed by atoms with Crippen molar-refractivity contribution in [3.05, 3.63) is 24.3 Å². The first-order valence-corrected chi connectivity index (χ1v) is 21.7. The number of aliphatic hydroxyl groups excluding tert-OH is 1. The van der Waals surface area contributed by atoms with E-state index in [1.165, 1.54) is 0 Å². The van der Waals surface area contributed by atoms with Crippen LogP contribution >= 0.6 is 0 Å². The Morgan fingerprint density at radius 3 is 2.30 bits per heavy atom. The molecule has 13 heteroatoms. The van der Waals surface area contributed by atoms with Gasteiger partial charge in [0.2, 0.25) is 0 Å². The van der Waals surface area contributed by atoms with E-state index in [0.717, 1.165) is 49.7 Å². The monoisotopic (exact) mass is 786 g/mol. The Bertz CT molecular complexity index is 1510. The van der Waals surface area contributed by atoms with Gasteiger partial charge in [0.25, 0.3) is 0 Å². The van der Waals surface area contributed by atoms with E-state index in [0.29, 0.717) is 45.1 Å². The average molecular weight is 787 g/mol. The first-order chi connectivity index (χ1) is 27.0. The maximum absolute atomic E-state index is 14.1. The second kappa shape index (κ2) is 15.2. The van der Waals surface area contributed by atoms with Crippen molar-refractivity contribution < 1.29 is 62.0 Å². The smallest absolute Gasteiger partial charge is 0.308 e. The van der Waals surface area contributed by atoms with Crippen molar-refractivity contribution in [2.75, 3.05) is 13.7 Å². The summed E-state index contributed by atoms with van der Waals surface area (Å²) >= 11 is 0. The second-order valence-corrected chi connectivity index (χ2v) is 18.7. The molecule has 12 bridgehead atoms. The fourth-order valence-electron chi connectivity index (χ4n) is 12.0. The van der Waals surface area contributed by atoms with Gasteiger partial charge in [-0.3, -0.25) is 4.79 Å². The zero-order valence-electron chi connectivity index (χ0n) is 33.2. The molecule has 0 aliphatic carbocycles. The summed E-state index contributed by atoms with van der Waals surface area (Å²) in [7, 11) is 1.64. The third-order valence-electron chi connectivity index (χ3n) is 15.0. The lowest BCUT2D eigenvalue weighted by atomic mass is 9.79. The average Bonchev–Trinajstić information content (AvgIpc) is 3.76. The van der Waals surface area contributed by atoms with Gasteiger partial charge in [-0.2, -0.15) is 0 Å². The predicted octanol–water partition coefficient (Wildman–Crippen LogP) is 4.24. The molecule has 11 aliphatic rings. The van der Waals surface area contributed by atoms with Gasteiger partial charge in [-0.25, -0.2) is 0 Å². The van der Waals surface area contributed by atoms with Gasteiger partial charge < -0.3 is 57.2 Å². The number of esters is 1. The molecule has 11 heterocycles. The summed E-state index contributed by atoms with van der Waals surface area (Å²) in [5.74, 6) is -1.10. The topological polar surface area (TPSA) is 139 Å². The SMILES string of the molecule is C=C1C[C@@H]2CC[C@@]34C[C@@H]5O[C@@H]6C(O[C@H]7CC[C@H](CC(=O)O[C@@H]8[C@@H](C)[C@@H]9O[C@H](CCOC)[C@@H](O)C[C@@H]9O[C@H]8C[C@H]8O[C@@H](CC[C@@H]1O2)C[C@@H](C)C8=C)O[C@@H]7[C@@H]6O3)[C@@H]5O4. The molecule has 13 nitrogen and oxygen atoms in total. The Labute approximate surface area is 330 Å². The van der Waals surface area contributed by atoms with E-state index in [-0.39, 0.29) is 104 Å². The molecular weight excluding hydrogens is 724 g/mol. The van der Waals surface area contributed by atoms with Crippen LogP contribution in [-0.2, 0) is 56.9 Å². The highest BCUT2D eigenvalue weighted by molar-refractivity contribution is 5.70. The van der Waals surface area contributed by atoms with Crippen LogP contribution in [0, 0.1) is 11.8 Å². The van der Waals surface area contributed by atoms with Crippen molar-refractivity contribution in [1.82, 2.24) is 0 Å². The summed E-state index contributed by atoms with van der Waals surface area (Å²) in [6, 6.07) is 0. The minimum Gasteiger partial charge on any atom is -0.459 e. The molecule has 56 heavy (non-hydrogen) atoms. The first kappa shape index (κ1) is 38.7. The molecule has 0 aromatic carbocycles. The Balaban J connectivity index is 0.929. The molecule has 21 atom stereocenters. The van der Waals surface area contributed by atoms with E-state index in [2.05, 4.69) is 27.0 Å². The zero-order chi connectivity index (χ0) is 38.5. The van der Waals surface area contributed by atoms with Crippen molar-refractivity contribution in [3.63, 3.8) is 0 Å².